The Labute approximate surface area is 125 Å². The van der Waals surface area contributed by atoms with Gasteiger partial charge in [-0.05, 0) is 49.8 Å². The van der Waals surface area contributed by atoms with E-state index in [9.17, 15) is 8.42 Å². The maximum atomic E-state index is 12.4. The molecule has 1 aromatic heterocycles. The molecule has 0 saturated heterocycles. The normalized spacial score (nSPS) is 22.9. The average molecular weight is 316 g/mol. The van der Waals surface area contributed by atoms with Gasteiger partial charge in [-0.25, -0.2) is 13.1 Å². The van der Waals surface area contributed by atoms with Crippen molar-refractivity contribution >= 4 is 21.4 Å². The maximum absolute atomic E-state index is 12.4. The first-order valence-electron chi connectivity index (χ1n) is 7.13. The highest BCUT2D eigenvalue weighted by atomic mass is 32.2. The van der Waals surface area contributed by atoms with Gasteiger partial charge < -0.3 is 5.73 Å². The molecule has 1 aliphatic rings. The highest BCUT2D eigenvalue weighted by Crippen LogP contribution is 2.35. The smallest absolute Gasteiger partial charge is 0.250 e. The van der Waals surface area contributed by atoms with Crippen molar-refractivity contribution in [2.45, 2.75) is 56.2 Å². The number of hydrogen-bond donors (Lipinski definition) is 2. The summed E-state index contributed by atoms with van der Waals surface area (Å²) in [4.78, 5) is 1.02. The Kier molecular flexibility index (Phi) is 4.89. The Bertz CT molecular complexity index is 549. The molecule has 1 fully saturated rings. The molecule has 1 aliphatic carbocycles. The van der Waals surface area contributed by atoms with E-state index in [-0.39, 0.29) is 11.5 Å². The molecule has 2 rings (SSSR count). The van der Waals surface area contributed by atoms with Crippen molar-refractivity contribution in [2.24, 2.45) is 11.1 Å². The first kappa shape index (κ1) is 15.9. The highest BCUT2D eigenvalue weighted by Gasteiger charge is 2.31. The number of nitrogens with one attached hydrogen (secondary N) is 1. The predicted molar refractivity (Wildman–Crippen MR) is 83.4 cm³/mol. The van der Waals surface area contributed by atoms with Crippen molar-refractivity contribution in [3.63, 3.8) is 0 Å². The van der Waals surface area contributed by atoms with Crippen LogP contribution in [0.3, 0.4) is 0 Å². The summed E-state index contributed by atoms with van der Waals surface area (Å²) >= 11 is 1.32. The Morgan fingerprint density at radius 2 is 2.20 bits per heavy atom. The maximum Gasteiger partial charge on any atom is 0.250 e. The molecule has 0 aromatic carbocycles. The second kappa shape index (κ2) is 6.13. The van der Waals surface area contributed by atoms with Gasteiger partial charge in [-0.15, -0.1) is 11.3 Å². The number of hydrogen-bond acceptors (Lipinski definition) is 4. The van der Waals surface area contributed by atoms with Crippen LogP contribution in [0.15, 0.2) is 16.3 Å². The highest BCUT2D eigenvalue weighted by molar-refractivity contribution is 7.91. The van der Waals surface area contributed by atoms with E-state index >= 15 is 0 Å². The molecule has 0 aliphatic heterocycles. The van der Waals surface area contributed by atoms with E-state index in [4.69, 9.17) is 5.73 Å². The van der Waals surface area contributed by atoms with Gasteiger partial charge in [-0.3, -0.25) is 0 Å². The molecule has 0 spiro atoms. The summed E-state index contributed by atoms with van der Waals surface area (Å²) in [5, 5.41) is 0. The Hall–Kier alpha value is -0.430. The monoisotopic (exact) mass is 316 g/mol. The zero-order chi connectivity index (χ0) is 14.8. The zero-order valence-corrected chi connectivity index (χ0v) is 13.8. The van der Waals surface area contributed by atoms with E-state index in [0.29, 0.717) is 10.8 Å². The van der Waals surface area contributed by atoms with E-state index in [2.05, 4.69) is 18.6 Å². The van der Waals surface area contributed by atoms with Crippen LogP contribution >= 0.6 is 11.3 Å². The van der Waals surface area contributed by atoms with Gasteiger partial charge in [0, 0.05) is 10.9 Å². The van der Waals surface area contributed by atoms with Gasteiger partial charge in [-0.2, -0.15) is 0 Å². The molecule has 3 N–H and O–H groups in total. The van der Waals surface area contributed by atoms with Crippen molar-refractivity contribution < 1.29 is 8.42 Å². The minimum Gasteiger partial charge on any atom is -0.330 e. The van der Waals surface area contributed by atoms with Gasteiger partial charge in [0.05, 0.1) is 0 Å². The number of thiophene rings is 1. The molecule has 6 heteroatoms. The SMILES string of the molecule is CC1(C)CCCC(NS(=O)(=O)c2ccc(CCN)s2)C1. The fraction of sp³-hybridized carbons (Fsp3) is 0.714. The lowest BCUT2D eigenvalue weighted by molar-refractivity contribution is 0.212. The van der Waals surface area contributed by atoms with Gasteiger partial charge in [-0.1, -0.05) is 20.3 Å². The number of rotatable bonds is 5. The number of sulfonamides is 1. The first-order valence-corrected chi connectivity index (χ1v) is 9.43. The quantitative estimate of drug-likeness (QED) is 0.876. The van der Waals surface area contributed by atoms with Crippen LogP contribution in [-0.2, 0) is 16.4 Å². The van der Waals surface area contributed by atoms with Crippen LogP contribution in [0.1, 0.15) is 44.4 Å². The lowest BCUT2D eigenvalue weighted by Gasteiger charge is -2.35. The van der Waals surface area contributed by atoms with Gasteiger partial charge in [0.15, 0.2) is 0 Å². The molecule has 4 nitrogen and oxygen atoms in total. The summed E-state index contributed by atoms with van der Waals surface area (Å²) in [5.41, 5.74) is 5.73. The summed E-state index contributed by atoms with van der Waals surface area (Å²) in [6.45, 7) is 4.96. The molecular formula is C14H24N2O2S2. The predicted octanol–water partition coefficient (Wildman–Crippen LogP) is 2.50. The second-order valence-corrected chi connectivity index (χ2v) is 9.45. The van der Waals surface area contributed by atoms with Crippen LogP contribution in [0.2, 0.25) is 0 Å². The molecular weight excluding hydrogens is 292 g/mol. The van der Waals surface area contributed by atoms with Crippen molar-refractivity contribution in [3.05, 3.63) is 17.0 Å². The number of nitrogens with two attached hydrogens (primary N) is 1. The molecule has 114 valence electrons. The van der Waals surface area contributed by atoms with Crippen molar-refractivity contribution in [2.75, 3.05) is 6.54 Å². The van der Waals surface area contributed by atoms with E-state index in [1.807, 2.05) is 6.07 Å². The molecule has 1 aromatic rings. The van der Waals surface area contributed by atoms with Crippen molar-refractivity contribution in [1.29, 1.82) is 0 Å². The lowest BCUT2D eigenvalue weighted by Crippen LogP contribution is -2.40. The van der Waals surface area contributed by atoms with Crippen LogP contribution in [-0.4, -0.2) is 21.0 Å². The van der Waals surface area contributed by atoms with Gasteiger partial charge in [0.2, 0.25) is 10.0 Å². The van der Waals surface area contributed by atoms with E-state index in [1.54, 1.807) is 6.07 Å². The van der Waals surface area contributed by atoms with E-state index in [1.165, 1.54) is 17.8 Å². The van der Waals surface area contributed by atoms with E-state index in [0.717, 1.165) is 30.6 Å². The molecule has 0 bridgehead atoms. The molecule has 1 saturated carbocycles. The largest absolute Gasteiger partial charge is 0.330 e. The topological polar surface area (TPSA) is 72.2 Å². The molecule has 20 heavy (non-hydrogen) atoms. The fourth-order valence-corrected chi connectivity index (χ4v) is 5.51. The van der Waals surface area contributed by atoms with Crippen LogP contribution in [0.4, 0.5) is 0 Å². The third kappa shape index (κ3) is 4.04. The lowest BCUT2D eigenvalue weighted by atomic mass is 9.75. The van der Waals surface area contributed by atoms with E-state index < -0.39 is 10.0 Å². The van der Waals surface area contributed by atoms with Crippen LogP contribution in [0.25, 0.3) is 0 Å². The zero-order valence-electron chi connectivity index (χ0n) is 12.2. The fourth-order valence-electron chi connectivity index (χ4n) is 2.86. The average Bonchev–Trinajstić information content (AvgIpc) is 2.77. The summed E-state index contributed by atoms with van der Waals surface area (Å²) in [7, 11) is -3.38. The molecule has 1 heterocycles. The van der Waals surface area contributed by atoms with Crippen molar-refractivity contribution in [1.82, 2.24) is 4.72 Å². The Morgan fingerprint density at radius 3 is 2.85 bits per heavy atom. The summed E-state index contributed by atoms with van der Waals surface area (Å²) < 4.78 is 28.1. The standard InChI is InChI=1S/C14H24N2O2S2/c1-14(2)8-3-4-11(10-14)16-20(17,18)13-6-5-12(19-13)7-9-15/h5-6,11,16H,3-4,7-10,15H2,1-2H3. The minimum atomic E-state index is -3.38. The van der Waals surface area contributed by atoms with Crippen LogP contribution in [0, 0.1) is 5.41 Å². The third-order valence-corrected chi connectivity index (χ3v) is 6.98. The van der Waals surface area contributed by atoms with Gasteiger partial charge in [0.1, 0.15) is 4.21 Å². The van der Waals surface area contributed by atoms with Gasteiger partial charge >= 0.3 is 0 Å². The summed E-state index contributed by atoms with van der Waals surface area (Å²) in [6, 6.07) is 3.60. The third-order valence-electron chi connectivity index (χ3n) is 3.82. The Balaban J connectivity index is 2.06. The summed E-state index contributed by atoms with van der Waals surface area (Å²) in [5.74, 6) is 0. The Morgan fingerprint density at radius 1 is 1.45 bits per heavy atom. The molecule has 1 atom stereocenters. The first-order chi connectivity index (χ1) is 9.32. The summed E-state index contributed by atoms with van der Waals surface area (Å²) in [6.07, 6.45) is 4.83. The second-order valence-electron chi connectivity index (χ2n) is 6.34. The molecule has 0 radical (unpaired) electrons. The minimum absolute atomic E-state index is 0.0591. The van der Waals surface area contributed by atoms with Gasteiger partial charge in [0.25, 0.3) is 0 Å². The molecule has 1 unspecified atom stereocenters. The van der Waals surface area contributed by atoms with Crippen LogP contribution in [0.5, 0.6) is 0 Å². The van der Waals surface area contributed by atoms with Crippen LogP contribution < -0.4 is 10.5 Å². The molecule has 0 amide bonds. The van der Waals surface area contributed by atoms with Crippen molar-refractivity contribution in [3.8, 4) is 0 Å².